The van der Waals surface area contributed by atoms with E-state index in [-0.39, 0.29) is 24.0 Å². The highest BCUT2D eigenvalue weighted by molar-refractivity contribution is 14.0. The monoisotopic (exact) mass is 436 g/mol. The summed E-state index contributed by atoms with van der Waals surface area (Å²) in [5, 5.41) is 12.0. The number of aromatic nitrogens is 1. The SMILES string of the molecule is CCc1nc(CNC(=NC)NCCc2cccs2)cs1.I. The Balaban J connectivity index is 0.00000220. The number of hydrogen-bond acceptors (Lipinski definition) is 4. The van der Waals surface area contributed by atoms with Crippen molar-refractivity contribution in [1.82, 2.24) is 15.6 Å². The molecule has 0 aromatic carbocycles. The summed E-state index contributed by atoms with van der Waals surface area (Å²) in [5.41, 5.74) is 1.08. The minimum Gasteiger partial charge on any atom is -0.356 e. The largest absolute Gasteiger partial charge is 0.356 e. The second-order valence-electron chi connectivity index (χ2n) is 4.27. The van der Waals surface area contributed by atoms with E-state index in [1.807, 2.05) is 0 Å². The molecule has 2 heterocycles. The zero-order valence-electron chi connectivity index (χ0n) is 12.3. The van der Waals surface area contributed by atoms with E-state index in [0.29, 0.717) is 0 Å². The number of hydrogen-bond donors (Lipinski definition) is 2. The second kappa shape index (κ2) is 10.1. The van der Waals surface area contributed by atoms with E-state index in [2.05, 4.69) is 50.4 Å². The van der Waals surface area contributed by atoms with Crippen molar-refractivity contribution in [3.05, 3.63) is 38.5 Å². The van der Waals surface area contributed by atoms with E-state index in [1.165, 1.54) is 9.88 Å². The number of rotatable bonds is 6. The molecule has 0 radical (unpaired) electrons. The van der Waals surface area contributed by atoms with Crippen LogP contribution in [0.5, 0.6) is 0 Å². The predicted molar refractivity (Wildman–Crippen MR) is 103 cm³/mol. The van der Waals surface area contributed by atoms with E-state index < -0.39 is 0 Å². The molecular formula is C14H21IN4S2. The van der Waals surface area contributed by atoms with Gasteiger partial charge >= 0.3 is 0 Å². The Morgan fingerprint density at radius 3 is 2.81 bits per heavy atom. The van der Waals surface area contributed by atoms with Crippen molar-refractivity contribution in [2.24, 2.45) is 4.99 Å². The summed E-state index contributed by atoms with van der Waals surface area (Å²) in [6, 6.07) is 4.24. The highest BCUT2D eigenvalue weighted by Gasteiger charge is 2.02. The van der Waals surface area contributed by atoms with Gasteiger partial charge in [-0.2, -0.15) is 0 Å². The first kappa shape index (κ1) is 18.4. The van der Waals surface area contributed by atoms with Crippen molar-refractivity contribution in [2.45, 2.75) is 26.3 Å². The number of guanidine groups is 1. The van der Waals surface area contributed by atoms with Crippen LogP contribution in [0.1, 0.15) is 22.5 Å². The van der Waals surface area contributed by atoms with Gasteiger partial charge in [-0.25, -0.2) is 4.98 Å². The van der Waals surface area contributed by atoms with Gasteiger partial charge < -0.3 is 10.6 Å². The number of nitrogens with one attached hydrogen (secondary N) is 2. The molecule has 0 aliphatic heterocycles. The highest BCUT2D eigenvalue weighted by Crippen LogP contribution is 2.10. The molecule has 2 aromatic rings. The Morgan fingerprint density at radius 2 is 2.19 bits per heavy atom. The molecular weight excluding hydrogens is 415 g/mol. The van der Waals surface area contributed by atoms with Crippen LogP contribution in [-0.4, -0.2) is 24.5 Å². The van der Waals surface area contributed by atoms with Gasteiger partial charge in [0, 0.05) is 23.8 Å². The molecule has 0 spiro atoms. The third-order valence-electron chi connectivity index (χ3n) is 2.81. The van der Waals surface area contributed by atoms with Crippen LogP contribution >= 0.6 is 46.7 Å². The lowest BCUT2D eigenvalue weighted by molar-refractivity contribution is 0.787. The molecule has 21 heavy (non-hydrogen) atoms. The fraction of sp³-hybridized carbons (Fsp3) is 0.429. The van der Waals surface area contributed by atoms with Gasteiger partial charge in [0.1, 0.15) is 0 Å². The zero-order valence-corrected chi connectivity index (χ0v) is 16.2. The minimum atomic E-state index is 0. The normalized spacial score (nSPS) is 11.0. The van der Waals surface area contributed by atoms with Gasteiger partial charge in [0.25, 0.3) is 0 Å². The quantitative estimate of drug-likeness (QED) is 0.415. The van der Waals surface area contributed by atoms with Gasteiger partial charge in [-0.3, -0.25) is 4.99 Å². The first-order chi connectivity index (χ1) is 9.81. The van der Waals surface area contributed by atoms with Crippen LogP contribution in [0.2, 0.25) is 0 Å². The summed E-state index contributed by atoms with van der Waals surface area (Å²) in [6.07, 6.45) is 2.02. The number of halogens is 1. The first-order valence-corrected chi connectivity index (χ1v) is 8.48. The van der Waals surface area contributed by atoms with Crippen LogP contribution < -0.4 is 10.6 Å². The lowest BCUT2D eigenvalue weighted by Crippen LogP contribution is -2.37. The molecule has 2 aromatic heterocycles. The van der Waals surface area contributed by atoms with Gasteiger partial charge in [-0.05, 0) is 24.3 Å². The van der Waals surface area contributed by atoms with Crippen molar-refractivity contribution >= 4 is 52.6 Å². The average Bonchev–Trinajstić information content (AvgIpc) is 3.13. The Labute approximate surface area is 151 Å². The van der Waals surface area contributed by atoms with Crippen LogP contribution in [-0.2, 0) is 19.4 Å². The third kappa shape index (κ3) is 6.31. The molecule has 0 aliphatic rings. The topological polar surface area (TPSA) is 49.3 Å². The van der Waals surface area contributed by atoms with E-state index in [9.17, 15) is 0 Å². The predicted octanol–water partition coefficient (Wildman–Crippen LogP) is 3.29. The smallest absolute Gasteiger partial charge is 0.191 e. The molecule has 4 nitrogen and oxygen atoms in total. The highest BCUT2D eigenvalue weighted by atomic mass is 127. The standard InChI is InChI=1S/C14H20N4S2.HI/c1-3-13-18-11(10-20-13)9-17-14(15-2)16-7-6-12-5-4-8-19-12;/h4-5,8,10H,3,6-7,9H2,1-2H3,(H2,15,16,17);1H. The lowest BCUT2D eigenvalue weighted by Gasteiger charge is -2.10. The van der Waals surface area contributed by atoms with E-state index in [1.54, 1.807) is 29.7 Å². The molecule has 0 amide bonds. The molecule has 2 N–H and O–H groups in total. The summed E-state index contributed by atoms with van der Waals surface area (Å²) >= 11 is 3.50. The lowest BCUT2D eigenvalue weighted by atomic mass is 10.3. The maximum atomic E-state index is 4.53. The molecule has 0 saturated carbocycles. The van der Waals surface area contributed by atoms with Crippen LogP contribution in [0, 0.1) is 0 Å². The number of thiazole rings is 1. The molecule has 7 heteroatoms. The van der Waals surface area contributed by atoms with Crippen molar-refractivity contribution in [3.8, 4) is 0 Å². The van der Waals surface area contributed by atoms with Gasteiger partial charge in [0.2, 0.25) is 0 Å². The summed E-state index contributed by atoms with van der Waals surface area (Å²) < 4.78 is 0. The average molecular weight is 436 g/mol. The molecule has 0 fully saturated rings. The minimum absolute atomic E-state index is 0. The van der Waals surface area contributed by atoms with Crippen molar-refractivity contribution < 1.29 is 0 Å². The van der Waals surface area contributed by atoms with Crippen LogP contribution in [0.3, 0.4) is 0 Å². The molecule has 116 valence electrons. The molecule has 0 bridgehead atoms. The Bertz CT molecular complexity index is 537. The number of thiophene rings is 1. The maximum absolute atomic E-state index is 4.53. The van der Waals surface area contributed by atoms with Crippen molar-refractivity contribution in [2.75, 3.05) is 13.6 Å². The van der Waals surface area contributed by atoms with Gasteiger partial charge in [-0.1, -0.05) is 13.0 Å². The summed E-state index contributed by atoms with van der Waals surface area (Å²) in [6.45, 7) is 3.73. The fourth-order valence-corrected chi connectivity index (χ4v) is 3.20. The zero-order chi connectivity index (χ0) is 14.2. The third-order valence-corrected chi connectivity index (χ3v) is 4.78. The molecule has 0 saturated heterocycles. The Kier molecular flexibility index (Phi) is 8.86. The van der Waals surface area contributed by atoms with E-state index in [0.717, 1.165) is 37.6 Å². The van der Waals surface area contributed by atoms with Crippen molar-refractivity contribution in [3.63, 3.8) is 0 Å². The van der Waals surface area contributed by atoms with Gasteiger partial charge in [0.15, 0.2) is 5.96 Å². The number of aryl methyl sites for hydroxylation is 1. The first-order valence-electron chi connectivity index (χ1n) is 6.72. The second-order valence-corrected chi connectivity index (χ2v) is 6.24. The van der Waals surface area contributed by atoms with E-state index in [4.69, 9.17) is 0 Å². The summed E-state index contributed by atoms with van der Waals surface area (Å²) in [4.78, 5) is 10.1. The number of aliphatic imine (C=N–C) groups is 1. The van der Waals surface area contributed by atoms with Crippen molar-refractivity contribution in [1.29, 1.82) is 0 Å². The van der Waals surface area contributed by atoms with Gasteiger partial charge in [-0.15, -0.1) is 46.7 Å². The molecule has 0 atom stereocenters. The summed E-state index contributed by atoms with van der Waals surface area (Å²) in [5.74, 6) is 0.826. The van der Waals surface area contributed by atoms with Crippen LogP contribution in [0.25, 0.3) is 0 Å². The fourth-order valence-electron chi connectivity index (χ4n) is 1.75. The summed E-state index contributed by atoms with van der Waals surface area (Å²) in [7, 11) is 1.79. The molecule has 2 rings (SSSR count). The molecule has 0 unspecified atom stereocenters. The van der Waals surface area contributed by atoms with E-state index >= 15 is 0 Å². The van der Waals surface area contributed by atoms with Crippen LogP contribution in [0.15, 0.2) is 27.9 Å². The van der Waals surface area contributed by atoms with Gasteiger partial charge in [0.05, 0.1) is 17.2 Å². The maximum Gasteiger partial charge on any atom is 0.191 e. The van der Waals surface area contributed by atoms with Crippen LogP contribution in [0.4, 0.5) is 0 Å². The number of nitrogens with zero attached hydrogens (tertiary/aromatic N) is 2. The Morgan fingerprint density at radius 1 is 1.33 bits per heavy atom. The Hall–Kier alpha value is -0.670. The molecule has 0 aliphatic carbocycles.